The molecule has 96 valence electrons. The fourth-order valence-corrected chi connectivity index (χ4v) is 2.15. The van der Waals surface area contributed by atoms with E-state index in [4.69, 9.17) is 5.14 Å². The van der Waals surface area contributed by atoms with Crippen LogP contribution in [0.1, 0.15) is 19.8 Å². The van der Waals surface area contributed by atoms with Crippen molar-refractivity contribution in [3.63, 3.8) is 0 Å². The topological polar surface area (TPSA) is 92.4 Å². The van der Waals surface area contributed by atoms with Crippen LogP contribution in [0.4, 0.5) is 5.69 Å². The second-order valence-electron chi connectivity index (χ2n) is 3.82. The van der Waals surface area contributed by atoms with Crippen LogP contribution in [0.15, 0.2) is 29.2 Å². The molecule has 1 atom stereocenters. The standard InChI is InChI=1S/C11H18N2O3S/c1-2-9(14)7-8-13-10-5-3-4-6-11(10)17(12,15)16/h3-6,9,13-14H,2,7-8H2,1H3,(H2,12,15,16). The van der Waals surface area contributed by atoms with E-state index in [0.717, 1.165) is 0 Å². The van der Waals surface area contributed by atoms with E-state index in [1.807, 2.05) is 6.92 Å². The third-order valence-corrected chi connectivity index (χ3v) is 3.43. The maximum absolute atomic E-state index is 11.3. The van der Waals surface area contributed by atoms with Crippen molar-refractivity contribution in [1.29, 1.82) is 0 Å². The number of primary sulfonamides is 1. The van der Waals surface area contributed by atoms with Crippen LogP contribution in [0, 0.1) is 0 Å². The Morgan fingerprint density at radius 1 is 1.41 bits per heavy atom. The Bertz CT molecular complexity index is 460. The molecule has 0 heterocycles. The van der Waals surface area contributed by atoms with Gasteiger partial charge in [-0.05, 0) is 25.0 Å². The van der Waals surface area contributed by atoms with Crippen molar-refractivity contribution in [2.24, 2.45) is 5.14 Å². The van der Waals surface area contributed by atoms with E-state index in [1.54, 1.807) is 18.2 Å². The molecular formula is C11H18N2O3S. The average Bonchev–Trinajstić information content (AvgIpc) is 2.28. The Hall–Kier alpha value is -1.11. The van der Waals surface area contributed by atoms with E-state index in [0.29, 0.717) is 25.1 Å². The van der Waals surface area contributed by atoms with Crippen LogP contribution >= 0.6 is 0 Å². The summed E-state index contributed by atoms with van der Waals surface area (Å²) >= 11 is 0. The summed E-state index contributed by atoms with van der Waals surface area (Å²) in [5, 5.41) is 17.4. The highest BCUT2D eigenvalue weighted by Gasteiger charge is 2.12. The van der Waals surface area contributed by atoms with Crippen LogP contribution in [0.25, 0.3) is 0 Å². The summed E-state index contributed by atoms with van der Waals surface area (Å²) in [5.74, 6) is 0. The van der Waals surface area contributed by atoms with Gasteiger partial charge in [0.2, 0.25) is 10.0 Å². The summed E-state index contributed by atoms with van der Waals surface area (Å²) in [6.45, 7) is 2.39. The molecule has 1 aromatic carbocycles. The Morgan fingerprint density at radius 3 is 2.65 bits per heavy atom. The normalized spacial score (nSPS) is 13.4. The number of hydrogen-bond donors (Lipinski definition) is 3. The molecule has 0 spiro atoms. The predicted molar refractivity (Wildman–Crippen MR) is 67.2 cm³/mol. The SMILES string of the molecule is CCC(O)CCNc1ccccc1S(N)(=O)=O. The highest BCUT2D eigenvalue weighted by molar-refractivity contribution is 7.89. The van der Waals surface area contributed by atoms with E-state index < -0.39 is 10.0 Å². The van der Waals surface area contributed by atoms with Crippen LogP contribution in [-0.2, 0) is 10.0 Å². The van der Waals surface area contributed by atoms with Crippen molar-refractivity contribution in [3.05, 3.63) is 24.3 Å². The second-order valence-corrected chi connectivity index (χ2v) is 5.35. The van der Waals surface area contributed by atoms with Gasteiger partial charge in [-0.2, -0.15) is 0 Å². The number of sulfonamides is 1. The molecular weight excluding hydrogens is 240 g/mol. The molecule has 0 fully saturated rings. The lowest BCUT2D eigenvalue weighted by Gasteiger charge is -2.12. The summed E-state index contributed by atoms with van der Waals surface area (Å²) in [5.41, 5.74) is 0.471. The maximum atomic E-state index is 11.3. The highest BCUT2D eigenvalue weighted by atomic mass is 32.2. The quantitative estimate of drug-likeness (QED) is 0.707. The average molecular weight is 258 g/mol. The molecule has 6 heteroatoms. The van der Waals surface area contributed by atoms with E-state index >= 15 is 0 Å². The summed E-state index contributed by atoms with van der Waals surface area (Å²) < 4.78 is 22.6. The number of rotatable bonds is 6. The van der Waals surface area contributed by atoms with Crippen molar-refractivity contribution >= 4 is 15.7 Å². The fourth-order valence-electron chi connectivity index (χ4n) is 1.44. The van der Waals surface area contributed by atoms with Crippen LogP contribution in [0.3, 0.4) is 0 Å². The van der Waals surface area contributed by atoms with Crippen LogP contribution in [-0.4, -0.2) is 26.2 Å². The molecule has 0 aliphatic rings. The largest absolute Gasteiger partial charge is 0.393 e. The van der Waals surface area contributed by atoms with Gasteiger partial charge in [0.1, 0.15) is 4.90 Å². The Labute approximate surface area is 102 Å². The molecule has 0 saturated carbocycles. The Kier molecular flexibility index (Phi) is 4.92. The molecule has 0 aromatic heterocycles. The zero-order chi connectivity index (χ0) is 12.9. The lowest BCUT2D eigenvalue weighted by atomic mass is 10.2. The van der Waals surface area contributed by atoms with Gasteiger partial charge in [0.05, 0.1) is 11.8 Å². The lowest BCUT2D eigenvalue weighted by molar-refractivity contribution is 0.164. The Balaban J connectivity index is 2.72. The number of nitrogens with two attached hydrogens (primary N) is 1. The highest BCUT2D eigenvalue weighted by Crippen LogP contribution is 2.19. The van der Waals surface area contributed by atoms with Gasteiger partial charge in [0.15, 0.2) is 0 Å². The van der Waals surface area contributed by atoms with Crippen LogP contribution in [0.2, 0.25) is 0 Å². The summed E-state index contributed by atoms with van der Waals surface area (Å²) in [6.07, 6.45) is 0.873. The van der Waals surface area contributed by atoms with E-state index in [9.17, 15) is 13.5 Å². The first kappa shape index (κ1) is 14.0. The minimum atomic E-state index is -3.71. The first-order valence-corrected chi connectivity index (χ1v) is 7.03. The first-order valence-electron chi connectivity index (χ1n) is 5.49. The van der Waals surface area contributed by atoms with E-state index in [1.165, 1.54) is 6.07 Å². The van der Waals surface area contributed by atoms with Gasteiger partial charge >= 0.3 is 0 Å². The molecule has 0 saturated heterocycles. The van der Waals surface area contributed by atoms with Gasteiger partial charge in [-0.25, -0.2) is 13.6 Å². The van der Waals surface area contributed by atoms with Crippen molar-refractivity contribution in [2.45, 2.75) is 30.8 Å². The minimum Gasteiger partial charge on any atom is -0.393 e. The fraction of sp³-hybridized carbons (Fsp3) is 0.455. The molecule has 0 aliphatic carbocycles. The molecule has 1 unspecified atom stereocenters. The van der Waals surface area contributed by atoms with Gasteiger partial charge < -0.3 is 10.4 Å². The molecule has 0 bridgehead atoms. The third kappa shape index (κ3) is 4.33. The van der Waals surface area contributed by atoms with Gasteiger partial charge in [0, 0.05) is 6.54 Å². The zero-order valence-corrected chi connectivity index (χ0v) is 10.6. The van der Waals surface area contributed by atoms with Gasteiger partial charge in [0.25, 0.3) is 0 Å². The number of anilines is 1. The molecule has 0 radical (unpaired) electrons. The lowest BCUT2D eigenvalue weighted by Crippen LogP contribution is -2.17. The predicted octanol–water partition coefficient (Wildman–Crippen LogP) is 0.907. The third-order valence-electron chi connectivity index (χ3n) is 2.46. The van der Waals surface area contributed by atoms with Crippen molar-refractivity contribution in [1.82, 2.24) is 0 Å². The molecule has 17 heavy (non-hydrogen) atoms. The van der Waals surface area contributed by atoms with Gasteiger partial charge in [-0.15, -0.1) is 0 Å². The van der Waals surface area contributed by atoms with Gasteiger partial charge in [-0.1, -0.05) is 19.1 Å². The van der Waals surface area contributed by atoms with E-state index in [2.05, 4.69) is 5.32 Å². The number of para-hydroxylation sites is 1. The number of benzene rings is 1. The summed E-state index contributed by atoms with van der Waals surface area (Å²) in [4.78, 5) is 0.0750. The number of hydrogen-bond acceptors (Lipinski definition) is 4. The minimum absolute atomic E-state index is 0.0750. The van der Waals surface area contributed by atoms with Crippen molar-refractivity contribution < 1.29 is 13.5 Å². The maximum Gasteiger partial charge on any atom is 0.240 e. The summed E-state index contributed by atoms with van der Waals surface area (Å²) in [7, 11) is -3.71. The molecule has 1 aromatic rings. The molecule has 0 aliphatic heterocycles. The van der Waals surface area contributed by atoms with Crippen LogP contribution in [0.5, 0.6) is 0 Å². The monoisotopic (exact) mass is 258 g/mol. The van der Waals surface area contributed by atoms with Crippen molar-refractivity contribution in [3.8, 4) is 0 Å². The molecule has 5 nitrogen and oxygen atoms in total. The first-order chi connectivity index (χ1) is 7.95. The van der Waals surface area contributed by atoms with E-state index in [-0.39, 0.29) is 11.0 Å². The smallest absolute Gasteiger partial charge is 0.240 e. The molecule has 4 N–H and O–H groups in total. The Morgan fingerprint density at radius 2 is 2.06 bits per heavy atom. The summed E-state index contributed by atoms with van der Waals surface area (Å²) in [6, 6.07) is 6.45. The van der Waals surface area contributed by atoms with Crippen molar-refractivity contribution in [2.75, 3.05) is 11.9 Å². The zero-order valence-electron chi connectivity index (χ0n) is 9.76. The number of aliphatic hydroxyl groups is 1. The number of nitrogens with one attached hydrogen (secondary N) is 1. The molecule has 0 amide bonds. The van der Waals surface area contributed by atoms with Gasteiger partial charge in [-0.3, -0.25) is 0 Å². The second kappa shape index (κ2) is 6.00. The molecule has 1 rings (SSSR count). The number of aliphatic hydroxyl groups excluding tert-OH is 1. The van der Waals surface area contributed by atoms with Crippen LogP contribution < -0.4 is 10.5 Å².